The summed E-state index contributed by atoms with van der Waals surface area (Å²) in [6.07, 6.45) is 1.17. The Kier molecular flexibility index (Phi) is 2.96. The Morgan fingerprint density at radius 3 is 2.36 bits per heavy atom. The van der Waals surface area contributed by atoms with Crippen molar-refractivity contribution < 1.29 is 12.9 Å². The predicted octanol–water partition coefficient (Wildman–Crippen LogP) is 0.683. The number of hydrogen-bond donors (Lipinski definition) is 0. The van der Waals surface area contributed by atoms with Crippen LogP contribution in [0.3, 0.4) is 0 Å². The predicted molar refractivity (Wildman–Crippen MR) is 52.3 cm³/mol. The van der Waals surface area contributed by atoms with Crippen LogP contribution in [0.2, 0.25) is 0 Å². The SMILES string of the molecule is Cc1noc(C)c1CN(C)S(C)(=O)=O. The highest BCUT2D eigenvalue weighted by molar-refractivity contribution is 7.88. The van der Waals surface area contributed by atoms with Crippen molar-refractivity contribution in [1.29, 1.82) is 0 Å². The Labute approximate surface area is 83.7 Å². The van der Waals surface area contributed by atoms with Crippen molar-refractivity contribution in [3.63, 3.8) is 0 Å². The first kappa shape index (κ1) is 11.2. The zero-order chi connectivity index (χ0) is 10.9. The number of nitrogens with zero attached hydrogens (tertiary/aromatic N) is 2. The van der Waals surface area contributed by atoms with Gasteiger partial charge in [-0.2, -0.15) is 0 Å². The van der Waals surface area contributed by atoms with Crippen molar-refractivity contribution in [3.05, 3.63) is 17.0 Å². The van der Waals surface area contributed by atoms with E-state index in [2.05, 4.69) is 5.16 Å². The summed E-state index contributed by atoms with van der Waals surface area (Å²) in [6.45, 7) is 3.87. The van der Waals surface area contributed by atoms with Crippen LogP contribution in [0.5, 0.6) is 0 Å². The van der Waals surface area contributed by atoms with Crippen LogP contribution >= 0.6 is 0 Å². The molecule has 0 atom stereocenters. The molecule has 0 fully saturated rings. The van der Waals surface area contributed by atoms with E-state index in [9.17, 15) is 8.42 Å². The van der Waals surface area contributed by atoms with Gasteiger partial charge in [-0.15, -0.1) is 0 Å². The maximum Gasteiger partial charge on any atom is 0.211 e. The van der Waals surface area contributed by atoms with Gasteiger partial charge < -0.3 is 4.52 Å². The molecule has 0 N–H and O–H groups in total. The molecule has 0 aliphatic heterocycles. The van der Waals surface area contributed by atoms with Crippen LogP contribution in [0.15, 0.2) is 4.52 Å². The van der Waals surface area contributed by atoms with Crippen molar-refractivity contribution >= 4 is 10.0 Å². The maximum absolute atomic E-state index is 11.2. The third kappa shape index (κ3) is 2.33. The number of aromatic nitrogens is 1. The first-order chi connectivity index (χ1) is 6.32. The minimum atomic E-state index is -3.15. The molecule has 0 spiro atoms. The average molecular weight is 218 g/mol. The molecule has 5 nitrogen and oxygen atoms in total. The van der Waals surface area contributed by atoms with E-state index < -0.39 is 10.0 Å². The summed E-state index contributed by atoms with van der Waals surface area (Å²) in [5, 5.41) is 3.75. The molecule has 1 heterocycles. The minimum absolute atomic E-state index is 0.306. The number of hydrogen-bond acceptors (Lipinski definition) is 4. The van der Waals surface area contributed by atoms with Gasteiger partial charge in [0.1, 0.15) is 5.76 Å². The first-order valence-electron chi connectivity index (χ1n) is 4.15. The Balaban J connectivity index is 2.90. The molecular formula is C8H14N2O3S. The third-order valence-corrected chi connectivity index (χ3v) is 3.39. The van der Waals surface area contributed by atoms with Gasteiger partial charge in [0, 0.05) is 19.2 Å². The van der Waals surface area contributed by atoms with Crippen molar-refractivity contribution in [3.8, 4) is 0 Å². The van der Waals surface area contributed by atoms with Gasteiger partial charge in [0.25, 0.3) is 0 Å². The maximum atomic E-state index is 11.2. The first-order valence-corrected chi connectivity index (χ1v) is 6.00. The van der Waals surface area contributed by atoms with Crippen LogP contribution in [0, 0.1) is 13.8 Å². The van der Waals surface area contributed by atoms with Gasteiger partial charge in [0.05, 0.1) is 11.9 Å². The van der Waals surface area contributed by atoms with Crippen LogP contribution < -0.4 is 0 Å². The number of rotatable bonds is 3. The largest absolute Gasteiger partial charge is 0.361 e. The molecule has 0 aliphatic carbocycles. The van der Waals surface area contributed by atoms with Gasteiger partial charge >= 0.3 is 0 Å². The van der Waals surface area contributed by atoms with Gasteiger partial charge in [-0.05, 0) is 13.8 Å². The second-order valence-electron chi connectivity index (χ2n) is 3.32. The van der Waals surface area contributed by atoms with Crippen molar-refractivity contribution in [2.24, 2.45) is 0 Å². The molecule has 6 heteroatoms. The van der Waals surface area contributed by atoms with E-state index in [4.69, 9.17) is 4.52 Å². The summed E-state index contributed by atoms with van der Waals surface area (Å²) < 4.78 is 28.5. The van der Waals surface area contributed by atoms with Crippen LogP contribution in [0.1, 0.15) is 17.0 Å². The van der Waals surface area contributed by atoms with Gasteiger partial charge in [-0.25, -0.2) is 12.7 Å². The monoisotopic (exact) mass is 218 g/mol. The third-order valence-electron chi connectivity index (χ3n) is 2.13. The number of aryl methyl sites for hydroxylation is 2. The molecule has 0 saturated heterocycles. The molecule has 0 unspecified atom stereocenters. The average Bonchev–Trinajstić information content (AvgIpc) is 2.34. The normalized spacial score (nSPS) is 12.4. The lowest BCUT2D eigenvalue weighted by Gasteiger charge is -2.13. The molecule has 0 aromatic carbocycles. The summed E-state index contributed by atoms with van der Waals surface area (Å²) in [4.78, 5) is 0. The fourth-order valence-corrected chi connectivity index (χ4v) is 1.43. The zero-order valence-electron chi connectivity index (χ0n) is 8.73. The zero-order valence-corrected chi connectivity index (χ0v) is 9.55. The summed E-state index contributed by atoms with van der Waals surface area (Å²) >= 11 is 0. The van der Waals surface area contributed by atoms with Crippen molar-refractivity contribution in [1.82, 2.24) is 9.46 Å². The van der Waals surface area contributed by atoms with Gasteiger partial charge in [-0.1, -0.05) is 5.16 Å². The molecule has 0 amide bonds. The summed E-state index contributed by atoms with van der Waals surface area (Å²) in [5.41, 5.74) is 1.57. The minimum Gasteiger partial charge on any atom is -0.361 e. The summed E-state index contributed by atoms with van der Waals surface area (Å²) in [5.74, 6) is 0.665. The van der Waals surface area contributed by atoms with E-state index in [0.29, 0.717) is 12.3 Å². The Hall–Kier alpha value is -0.880. The van der Waals surface area contributed by atoms with Crippen molar-refractivity contribution in [2.75, 3.05) is 13.3 Å². The quantitative estimate of drug-likeness (QED) is 0.748. The summed E-state index contributed by atoms with van der Waals surface area (Å²) in [7, 11) is -1.62. The fraction of sp³-hybridized carbons (Fsp3) is 0.625. The molecule has 0 aliphatic rings. The Morgan fingerprint density at radius 2 is 2.00 bits per heavy atom. The molecule has 1 rings (SSSR count). The van der Waals surface area contributed by atoms with Gasteiger partial charge in [-0.3, -0.25) is 0 Å². The highest BCUT2D eigenvalue weighted by Gasteiger charge is 2.16. The second-order valence-corrected chi connectivity index (χ2v) is 5.41. The Bertz CT molecular complexity index is 402. The highest BCUT2D eigenvalue weighted by Crippen LogP contribution is 2.15. The van der Waals surface area contributed by atoms with E-state index in [-0.39, 0.29) is 0 Å². The summed E-state index contributed by atoms with van der Waals surface area (Å²) in [6, 6.07) is 0. The van der Waals surface area contributed by atoms with Crippen LogP contribution in [0.4, 0.5) is 0 Å². The van der Waals surface area contributed by atoms with Crippen molar-refractivity contribution in [2.45, 2.75) is 20.4 Å². The molecular weight excluding hydrogens is 204 g/mol. The molecule has 0 saturated carbocycles. The lowest BCUT2D eigenvalue weighted by atomic mass is 10.2. The molecule has 1 aromatic heterocycles. The molecule has 0 radical (unpaired) electrons. The van der Waals surface area contributed by atoms with E-state index in [1.165, 1.54) is 17.6 Å². The van der Waals surface area contributed by atoms with E-state index in [1.807, 2.05) is 0 Å². The van der Waals surface area contributed by atoms with Gasteiger partial charge in [0.15, 0.2) is 0 Å². The van der Waals surface area contributed by atoms with Crippen LogP contribution in [-0.2, 0) is 16.6 Å². The van der Waals surface area contributed by atoms with E-state index in [1.54, 1.807) is 13.8 Å². The Morgan fingerprint density at radius 1 is 1.43 bits per heavy atom. The van der Waals surface area contributed by atoms with Crippen LogP contribution in [-0.4, -0.2) is 31.2 Å². The number of sulfonamides is 1. The topological polar surface area (TPSA) is 63.4 Å². The lowest BCUT2D eigenvalue weighted by molar-refractivity contribution is 0.390. The lowest BCUT2D eigenvalue weighted by Crippen LogP contribution is -2.25. The fourth-order valence-electron chi connectivity index (χ4n) is 1.07. The van der Waals surface area contributed by atoms with Crippen LogP contribution in [0.25, 0.3) is 0 Å². The molecule has 0 bridgehead atoms. The molecule has 14 heavy (non-hydrogen) atoms. The second kappa shape index (κ2) is 3.70. The van der Waals surface area contributed by atoms with E-state index >= 15 is 0 Å². The van der Waals surface area contributed by atoms with Gasteiger partial charge in [0.2, 0.25) is 10.0 Å². The molecule has 80 valence electrons. The highest BCUT2D eigenvalue weighted by atomic mass is 32.2. The van der Waals surface area contributed by atoms with E-state index in [0.717, 1.165) is 11.3 Å². The smallest absolute Gasteiger partial charge is 0.211 e. The standard InChI is InChI=1S/C8H14N2O3S/c1-6-8(7(2)13-9-6)5-10(3)14(4,11)12/h5H2,1-4H3. The molecule has 1 aromatic rings.